The molecule has 1 aromatic heterocycles. The van der Waals surface area contributed by atoms with Crippen LogP contribution in [-0.4, -0.2) is 41.9 Å². The van der Waals surface area contributed by atoms with Crippen molar-refractivity contribution < 1.29 is 17.6 Å². The van der Waals surface area contributed by atoms with Crippen LogP contribution in [0.5, 0.6) is 0 Å². The van der Waals surface area contributed by atoms with Crippen molar-refractivity contribution in [3.05, 3.63) is 77.1 Å². The van der Waals surface area contributed by atoms with Gasteiger partial charge in [-0.1, -0.05) is 12.1 Å². The molecule has 10 heteroatoms. The van der Waals surface area contributed by atoms with Crippen LogP contribution in [0.2, 0.25) is 0 Å². The molecule has 2 aromatic carbocycles. The van der Waals surface area contributed by atoms with E-state index in [9.17, 15) is 17.6 Å². The van der Waals surface area contributed by atoms with Crippen LogP contribution in [-0.2, 0) is 16.6 Å². The maximum absolute atomic E-state index is 13.1. The van der Waals surface area contributed by atoms with E-state index in [1.165, 1.54) is 16.4 Å². The van der Waals surface area contributed by atoms with Crippen molar-refractivity contribution in [1.82, 2.24) is 20.1 Å². The van der Waals surface area contributed by atoms with Crippen LogP contribution in [0, 0.1) is 5.82 Å². The summed E-state index contributed by atoms with van der Waals surface area (Å²) < 4.78 is 40.8. The first-order valence-corrected chi connectivity index (χ1v) is 12.0. The van der Waals surface area contributed by atoms with Gasteiger partial charge >= 0.3 is 0 Å². The van der Waals surface area contributed by atoms with Crippen molar-refractivity contribution in [2.45, 2.75) is 32.4 Å². The first-order valence-electron chi connectivity index (χ1n) is 10.2. The minimum absolute atomic E-state index is 0.117. The lowest BCUT2D eigenvalue weighted by molar-refractivity contribution is 0.0951. The van der Waals surface area contributed by atoms with Crippen molar-refractivity contribution in [2.24, 2.45) is 0 Å². The number of amides is 1. The number of nitrogens with zero attached hydrogens (tertiary/aromatic N) is 4. The normalized spacial score (nSPS) is 15.8. The second kappa shape index (κ2) is 8.34. The van der Waals surface area contributed by atoms with Crippen LogP contribution in [0.25, 0.3) is 0 Å². The molecule has 4 rings (SSSR count). The fourth-order valence-corrected chi connectivity index (χ4v) is 4.63. The van der Waals surface area contributed by atoms with E-state index >= 15 is 0 Å². The zero-order valence-corrected chi connectivity index (χ0v) is 18.8. The number of anilines is 1. The predicted molar refractivity (Wildman–Crippen MR) is 118 cm³/mol. The number of carbonyl (C=O) groups excluding carboxylic acids is 1. The van der Waals surface area contributed by atoms with Gasteiger partial charge in [0.1, 0.15) is 12.1 Å². The van der Waals surface area contributed by atoms with Gasteiger partial charge in [0.15, 0.2) is 5.82 Å². The Balaban J connectivity index is 1.63. The summed E-state index contributed by atoms with van der Waals surface area (Å²) in [4.78, 5) is 17.1. The van der Waals surface area contributed by atoms with E-state index in [-0.39, 0.29) is 36.8 Å². The molecule has 168 valence electrons. The summed E-state index contributed by atoms with van der Waals surface area (Å²) in [6.07, 6.45) is 2.78. The molecule has 1 atom stereocenters. The zero-order valence-electron chi connectivity index (χ0n) is 18.0. The number of benzene rings is 2. The molecule has 1 N–H and O–H groups in total. The van der Waals surface area contributed by atoms with Crippen molar-refractivity contribution in [3.8, 4) is 0 Å². The number of fused-ring (bicyclic) bond motifs is 1. The Morgan fingerprint density at radius 2 is 1.94 bits per heavy atom. The van der Waals surface area contributed by atoms with E-state index in [1.807, 2.05) is 13.8 Å². The second-order valence-corrected chi connectivity index (χ2v) is 10.0. The Labute approximate surface area is 186 Å². The molecule has 0 spiro atoms. The molecule has 1 aliphatic rings. The summed E-state index contributed by atoms with van der Waals surface area (Å²) in [6, 6.07) is 10.9. The predicted octanol–water partition coefficient (Wildman–Crippen LogP) is 2.84. The highest BCUT2D eigenvalue weighted by Crippen LogP contribution is 2.41. The van der Waals surface area contributed by atoms with Gasteiger partial charge in [0, 0.05) is 24.7 Å². The van der Waals surface area contributed by atoms with Gasteiger partial charge in [0.25, 0.3) is 5.91 Å². The van der Waals surface area contributed by atoms with Crippen LogP contribution < -0.4 is 9.62 Å². The van der Waals surface area contributed by atoms with Gasteiger partial charge < -0.3 is 5.32 Å². The van der Waals surface area contributed by atoms with E-state index in [0.29, 0.717) is 22.6 Å². The van der Waals surface area contributed by atoms with Crippen LogP contribution in [0.4, 0.5) is 10.1 Å². The standard InChI is InChI=1S/C22H24FN5O3S/c1-14(2)27-13-25-21(26-27)19-12-28(32(3,30)31)20-9-6-16(10-18(19)20)22(29)24-11-15-4-7-17(23)8-5-15/h4-10,13-14,19H,11-12H2,1-3H3,(H,24,29)/t19-/m1/s1. The fourth-order valence-electron chi connectivity index (χ4n) is 3.68. The third-order valence-corrected chi connectivity index (χ3v) is 6.56. The molecule has 2 heterocycles. The molecule has 32 heavy (non-hydrogen) atoms. The van der Waals surface area contributed by atoms with Crippen LogP contribution in [0.1, 0.15) is 53.1 Å². The number of hydrogen-bond donors (Lipinski definition) is 1. The highest BCUT2D eigenvalue weighted by Gasteiger charge is 2.37. The average Bonchev–Trinajstić information content (AvgIpc) is 3.37. The van der Waals surface area contributed by atoms with Gasteiger partial charge in [0.2, 0.25) is 10.0 Å². The van der Waals surface area contributed by atoms with E-state index in [2.05, 4.69) is 15.4 Å². The Bertz CT molecular complexity index is 1250. The van der Waals surface area contributed by atoms with Crippen molar-refractivity contribution >= 4 is 21.6 Å². The lowest BCUT2D eigenvalue weighted by Gasteiger charge is -2.16. The summed E-state index contributed by atoms with van der Waals surface area (Å²) >= 11 is 0. The first-order chi connectivity index (χ1) is 15.1. The van der Waals surface area contributed by atoms with E-state index in [0.717, 1.165) is 11.8 Å². The maximum Gasteiger partial charge on any atom is 0.251 e. The molecule has 0 aliphatic carbocycles. The average molecular weight is 458 g/mol. The number of nitrogens with one attached hydrogen (secondary N) is 1. The van der Waals surface area contributed by atoms with Crippen molar-refractivity contribution in [1.29, 1.82) is 0 Å². The Hall–Kier alpha value is -3.27. The molecule has 0 unspecified atom stereocenters. The smallest absolute Gasteiger partial charge is 0.251 e. The van der Waals surface area contributed by atoms with Crippen LogP contribution in [0.15, 0.2) is 48.8 Å². The number of sulfonamides is 1. The summed E-state index contributed by atoms with van der Waals surface area (Å²) in [6.45, 7) is 4.38. The summed E-state index contributed by atoms with van der Waals surface area (Å²) in [7, 11) is -3.51. The highest BCUT2D eigenvalue weighted by atomic mass is 32.2. The van der Waals surface area contributed by atoms with Gasteiger partial charge in [-0.15, -0.1) is 0 Å². The van der Waals surface area contributed by atoms with Crippen molar-refractivity contribution in [3.63, 3.8) is 0 Å². The molecule has 8 nitrogen and oxygen atoms in total. The highest BCUT2D eigenvalue weighted by molar-refractivity contribution is 7.92. The SMILES string of the molecule is CC(C)n1cnc([C@@H]2CN(S(C)(=O)=O)c3ccc(C(=O)NCc4ccc(F)cc4)cc32)n1. The van der Waals surface area contributed by atoms with Crippen LogP contribution in [0.3, 0.4) is 0 Å². The molecule has 0 saturated carbocycles. The second-order valence-electron chi connectivity index (χ2n) is 8.11. The minimum atomic E-state index is -3.51. The number of aromatic nitrogens is 3. The largest absolute Gasteiger partial charge is 0.348 e. The third-order valence-electron chi connectivity index (χ3n) is 5.42. The Morgan fingerprint density at radius 1 is 1.22 bits per heavy atom. The molecule has 0 radical (unpaired) electrons. The Kier molecular flexibility index (Phi) is 5.72. The summed E-state index contributed by atoms with van der Waals surface area (Å²) in [5, 5.41) is 7.33. The quantitative estimate of drug-likeness (QED) is 0.614. The summed E-state index contributed by atoms with van der Waals surface area (Å²) in [5.41, 5.74) is 2.37. The lowest BCUT2D eigenvalue weighted by atomic mass is 9.98. The number of rotatable bonds is 6. The van der Waals surface area contributed by atoms with E-state index in [1.54, 1.807) is 41.3 Å². The lowest BCUT2D eigenvalue weighted by Crippen LogP contribution is -2.29. The molecule has 3 aromatic rings. The number of halogens is 1. The number of hydrogen-bond acceptors (Lipinski definition) is 5. The maximum atomic E-state index is 13.1. The molecule has 0 saturated heterocycles. The molecular formula is C22H24FN5O3S. The van der Waals surface area contributed by atoms with Gasteiger partial charge in [0.05, 0.1) is 17.9 Å². The molecular weight excluding hydrogens is 433 g/mol. The van der Waals surface area contributed by atoms with Gasteiger partial charge in [-0.3, -0.25) is 13.8 Å². The monoisotopic (exact) mass is 457 g/mol. The fraction of sp³-hybridized carbons (Fsp3) is 0.318. The van der Waals surface area contributed by atoms with Gasteiger partial charge in [-0.25, -0.2) is 17.8 Å². The van der Waals surface area contributed by atoms with E-state index < -0.39 is 10.0 Å². The Morgan fingerprint density at radius 3 is 2.56 bits per heavy atom. The number of carbonyl (C=O) groups is 1. The van der Waals surface area contributed by atoms with Gasteiger partial charge in [-0.05, 0) is 55.3 Å². The van der Waals surface area contributed by atoms with Crippen molar-refractivity contribution in [2.75, 3.05) is 17.1 Å². The molecule has 1 amide bonds. The van der Waals surface area contributed by atoms with Crippen LogP contribution >= 0.6 is 0 Å². The molecule has 0 bridgehead atoms. The topological polar surface area (TPSA) is 97.2 Å². The zero-order chi connectivity index (χ0) is 23.0. The van der Waals surface area contributed by atoms with Gasteiger partial charge in [-0.2, -0.15) is 5.10 Å². The summed E-state index contributed by atoms with van der Waals surface area (Å²) in [5.74, 6) is -0.525. The third kappa shape index (κ3) is 4.36. The molecule has 1 aliphatic heterocycles. The first kappa shape index (κ1) is 21.9. The molecule has 0 fully saturated rings. The van der Waals surface area contributed by atoms with E-state index in [4.69, 9.17) is 0 Å². The minimum Gasteiger partial charge on any atom is -0.348 e.